The zero-order valence-electron chi connectivity index (χ0n) is 15.6. The Kier molecular flexibility index (Phi) is 5.39. The zero-order valence-corrected chi connectivity index (χ0v) is 17.2. The van der Waals surface area contributed by atoms with Crippen LogP contribution in [-0.2, 0) is 4.74 Å². The smallest absolute Gasteiger partial charge is 0.167 e. The van der Waals surface area contributed by atoms with E-state index >= 15 is 0 Å². The quantitative estimate of drug-likeness (QED) is 0.501. The Hall–Kier alpha value is -1.79. The van der Waals surface area contributed by atoms with Crippen LogP contribution in [0.2, 0.25) is 0 Å². The first kappa shape index (κ1) is 19.2. The SMILES string of the molecule is O[C@@H]1[C@@H](CSc2nccs2)OC(n2cnc3c(NC4CCCC4)ncnc32)[C@@H]1O. The van der Waals surface area contributed by atoms with E-state index in [4.69, 9.17) is 4.74 Å². The van der Waals surface area contributed by atoms with Gasteiger partial charge in [0, 0.05) is 23.4 Å². The molecule has 3 aromatic heterocycles. The van der Waals surface area contributed by atoms with Crippen LogP contribution in [0.15, 0.2) is 28.6 Å². The minimum atomic E-state index is -1.07. The molecule has 0 aromatic carbocycles. The number of nitrogens with zero attached hydrogens (tertiary/aromatic N) is 5. The molecule has 0 bridgehead atoms. The molecule has 0 amide bonds. The van der Waals surface area contributed by atoms with Gasteiger partial charge in [0.2, 0.25) is 0 Å². The van der Waals surface area contributed by atoms with E-state index in [9.17, 15) is 10.2 Å². The summed E-state index contributed by atoms with van der Waals surface area (Å²) in [5.74, 6) is 1.20. The van der Waals surface area contributed by atoms with Crippen LogP contribution in [0.1, 0.15) is 31.9 Å². The lowest BCUT2D eigenvalue weighted by Crippen LogP contribution is -2.32. The Morgan fingerprint density at radius 2 is 2.03 bits per heavy atom. The van der Waals surface area contributed by atoms with Crippen molar-refractivity contribution in [2.75, 3.05) is 11.1 Å². The first-order valence-electron chi connectivity index (χ1n) is 9.68. The van der Waals surface area contributed by atoms with E-state index in [0.29, 0.717) is 28.8 Å². The molecule has 154 valence electrons. The molecule has 2 fully saturated rings. The van der Waals surface area contributed by atoms with Gasteiger partial charge in [0.1, 0.15) is 22.9 Å². The van der Waals surface area contributed by atoms with Gasteiger partial charge in [0.25, 0.3) is 0 Å². The fourth-order valence-electron chi connectivity index (χ4n) is 3.94. The lowest BCUT2D eigenvalue weighted by Gasteiger charge is -2.17. The van der Waals surface area contributed by atoms with Crippen LogP contribution in [0, 0.1) is 0 Å². The fraction of sp³-hybridized carbons (Fsp3) is 0.556. The van der Waals surface area contributed by atoms with E-state index in [0.717, 1.165) is 17.2 Å². The van der Waals surface area contributed by atoms with Crippen LogP contribution >= 0.6 is 23.1 Å². The summed E-state index contributed by atoms with van der Waals surface area (Å²) in [6.07, 6.45) is 6.18. The number of ether oxygens (including phenoxy) is 1. The van der Waals surface area contributed by atoms with Crippen LogP contribution < -0.4 is 5.32 Å². The van der Waals surface area contributed by atoms with Crippen molar-refractivity contribution in [1.82, 2.24) is 24.5 Å². The molecule has 3 N–H and O–H groups in total. The second-order valence-electron chi connectivity index (χ2n) is 7.33. The van der Waals surface area contributed by atoms with E-state index in [1.165, 1.54) is 42.3 Å². The number of aliphatic hydroxyl groups excluding tert-OH is 2. The van der Waals surface area contributed by atoms with Gasteiger partial charge in [-0.15, -0.1) is 11.3 Å². The number of anilines is 1. The number of thioether (sulfide) groups is 1. The second-order valence-corrected chi connectivity index (χ2v) is 9.49. The van der Waals surface area contributed by atoms with Gasteiger partial charge in [-0.05, 0) is 12.8 Å². The van der Waals surface area contributed by atoms with Crippen molar-refractivity contribution < 1.29 is 14.9 Å². The zero-order chi connectivity index (χ0) is 19.8. The molecular weight excluding hydrogens is 412 g/mol. The third kappa shape index (κ3) is 3.73. The van der Waals surface area contributed by atoms with Gasteiger partial charge in [-0.25, -0.2) is 19.9 Å². The van der Waals surface area contributed by atoms with Crippen molar-refractivity contribution in [2.45, 2.75) is 60.6 Å². The van der Waals surface area contributed by atoms with Crippen molar-refractivity contribution in [1.29, 1.82) is 0 Å². The van der Waals surface area contributed by atoms with Gasteiger partial charge >= 0.3 is 0 Å². The number of thiazole rings is 1. The van der Waals surface area contributed by atoms with E-state index < -0.39 is 24.5 Å². The van der Waals surface area contributed by atoms with Crippen LogP contribution in [0.4, 0.5) is 5.82 Å². The first-order chi connectivity index (χ1) is 14.2. The minimum Gasteiger partial charge on any atom is -0.387 e. The highest BCUT2D eigenvalue weighted by Gasteiger charge is 2.44. The Labute approximate surface area is 175 Å². The standard InChI is InChI=1S/C18H22N6O3S2/c25-13-11(7-29-18-19-5-6-28-18)27-17(14(13)26)24-9-22-12-15(20-8-21-16(12)24)23-10-3-1-2-4-10/h5-6,8-11,13-14,17,25-26H,1-4,7H2,(H,20,21,23)/t11-,13-,14-,17?/m1/s1. The minimum absolute atomic E-state index is 0.403. The molecule has 4 atom stereocenters. The molecule has 1 saturated heterocycles. The van der Waals surface area contributed by atoms with E-state index in [-0.39, 0.29) is 0 Å². The molecule has 11 heteroatoms. The van der Waals surface area contributed by atoms with E-state index in [2.05, 4.69) is 25.3 Å². The van der Waals surface area contributed by atoms with Crippen molar-refractivity contribution in [3.05, 3.63) is 24.2 Å². The summed E-state index contributed by atoms with van der Waals surface area (Å²) in [7, 11) is 0. The van der Waals surface area contributed by atoms with Gasteiger partial charge in [-0.2, -0.15) is 0 Å². The molecule has 1 aliphatic carbocycles. The van der Waals surface area contributed by atoms with Gasteiger partial charge in [-0.1, -0.05) is 24.6 Å². The number of rotatable bonds is 6. The number of aromatic nitrogens is 5. The average molecular weight is 435 g/mol. The third-order valence-electron chi connectivity index (χ3n) is 5.45. The predicted octanol–water partition coefficient (Wildman–Crippen LogP) is 2.05. The number of hydrogen-bond donors (Lipinski definition) is 3. The van der Waals surface area contributed by atoms with Gasteiger partial charge in [-0.3, -0.25) is 4.57 Å². The third-order valence-corrected chi connectivity index (χ3v) is 7.50. The largest absolute Gasteiger partial charge is 0.387 e. The molecule has 29 heavy (non-hydrogen) atoms. The lowest BCUT2D eigenvalue weighted by molar-refractivity contribution is -0.0289. The summed E-state index contributed by atoms with van der Waals surface area (Å²) in [5.41, 5.74) is 1.22. The number of nitrogens with one attached hydrogen (secondary N) is 1. The van der Waals surface area contributed by atoms with Gasteiger partial charge in [0.15, 0.2) is 23.2 Å². The average Bonchev–Trinajstić information content (AvgIpc) is 3.51. The summed E-state index contributed by atoms with van der Waals surface area (Å²) in [5, 5.41) is 26.5. The molecule has 3 aromatic rings. The number of hydrogen-bond acceptors (Lipinski definition) is 10. The number of aliphatic hydroxyl groups is 2. The Balaban J connectivity index is 1.35. The number of fused-ring (bicyclic) bond motifs is 1. The van der Waals surface area contributed by atoms with Crippen LogP contribution in [0.25, 0.3) is 11.2 Å². The Bertz CT molecular complexity index is 962. The molecule has 9 nitrogen and oxygen atoms in total. The molecular formula is C18H22N6O3S2. The Morgan fingerprint density at radius 1 is 1.17 bits per heavy atom. The van der Waals surface area contributed by atoms with Crippen molar-refractivity contribution in [3.63, 3.8) is 0 Å². The van der Waals surface area contributed by atoms with Crippen LogP contribution in [0.3, 0.4) is 0 Å². The molecule has 2 aliphatic rings. The lowest BCUT2D eigenvalue weighted by atomic mass is 10.1. The molecule has 5 rings (SSSR count). The highest BCUT2D eigenvalue weighted by atomic mass is 32.2. The molecule has 4 heterocycles. The summed E-state index contributed by atoms with van der Waals surface area (Å²) in [6.45, 7) is 0. The van der Waals surface area contributed by atoms with Crippen molar-refractivity contribution in [3.8, 4) is 0 Å². The van der Waals surface area contributed by atoms with Crippen molar-refractivity contribution >= 4 is 40.1 Å². The van der Waals surface area contributed by atoms with E-state index in [1.807, 2.05) is 5.38 Å². The van der Waals surface area contributed by atoms with Crippen LogP contribution in [0.5, 0.6) is 0 Å². The highest BCUT2D eigenvalue weighted by Crippen LogP contribution is 2.35. The maximum absolute atomic E-state index is 10.6. The van der Waals surface area contributed by atoms with Gasteiger partial charge in [0.05, 0.1) is 12.4 Å². The number of imidazole rings is 1. The van der Waals surface area contributed by atoms with Crippen molar-refractivity contribution in [2.24, 2.45) is 0 Å². The molecule has 1 aliphatic heterocycles. The van der Waals surface area contributed by atoms with Crippen LogP contribution in [-0.4, -0.2) is 64.8 Å². The van der Waals surface area contributed by atoms with Gasteiger partial charge < -0.3 is 20.3 Å². The topological polar surface area (TPSA) is 118 Å². The van der Waals surface area contributed by atoms with E-state index in [1.54, 1.807) is 17.1 Å². The maximum Gasteiger partial charge on any atom is 0.167 e. The Morgan fingerprint density at radius 3 is 2.83 bits per heavy atom. The summed E-state index contributed by atoms with van der Waals surface area (Å²) in [6, 6.07) is 0.403. The summed E-state index contributed by atoms with van der Waals surface area (Å²) >= 11 is 3.04. The molecule has 0 spiro atoms. The monoisotopic (exact) mass is 434 g/mol. The normalized spacial score (nSPS) is 27.8. The predicted molar refractivity (Wildman–Crippen MR) is 110 cm³/mol. The molecule has 1 saturated carbocycles. The summed E-state index contributed by atoms with van der Waals surface area (Å²) in [4.78, 5) is 17.4. The molecule has 1 unspecified atom stereocenters. The highest BCUT2D eigenvalue weighted by molar-refractivity contribution is 8.01. The fourth-order valence-corrected chi connectivity index (χ4v) is 5.66. The summed E-state index contributed by atoms with van der Waals surface area (Å²) < 4.78 is 8.59. The first-order valence-corrected chi connectivity index (χ1v) is 11.5. The maximum atomic E-state index is 10.6. The molecule has 0 radical (unpaired) electrons. The second kappa shape index (κ2) is 8.15.